The van der Waals surface area contributed by atoms with Gasteiger partial charge in [-0.15, -0.1) is 11.6 Å². The van der Waals surface area contributed by atoms with Crippen LogP contribution in [0.4, 0.5) is 0 Å². The van der Waals surface area contributed by atoms with Crippen molar-refractivity contribution in [3.8, 4) is 5.75 Å². The summed E-state index contributed by atoms with van der Waals surface area (Å²) in [6, 6.07) is 6.04. The molecule has 1 fully saturated rings. The number of ether oxygens (including phenoxy) is 3. The first kappa shape index (κ1) is 17.1. The van der Waals surface area contributed by atoms with E-state index in [1.165, 1.54) is 0 Å². The van der Waals surface area contributed by atoms with Crippen LogP contribution in [0, 0.1) is 5.92 Å². The van der Waals surface area contributed by atoms with Gasteiger partial charge in [0.2, 0.25) is 0 Å². The lowest BCUT2D eigenvalue weighted by atomic mass is 9.91. The molecule has 3 unspecified atom stereocenters. The monoisotopic (exact) mass is 376 g/mol. The molecule has 118 valence electrons. The molecule has 0 spiro atoms. The Hall–Kier alpha value is -0.290. The van der Waals surface area contributed by atoms with Gasteiger partial charge in [0, 0.05) is 19.6 Å². The normalized spacial score (nSPS) is 23.2. The minimum absolute atomic E-state index is 0.0261. The Morgan fingerprint density at radius 3 is 2.90 bits per heavy atom. The standard InChI is InChI=1S/C16H22BrClO3/c1-3-14-12(6-7-20-14)16(18)11-4-5-15(13(17)10-11)21-9-8-19-2/h4-5,10,12,14,16H,3,6-9H2,1-2H3. The highest BCUT2D eigenvalue weighted by Gasteiger charge is 2.33. The van der Waals surface area contributed by atoms with E-state index in [4.69, 9.17) is 25.8 Å². The summed E-state index contributed by atoms with van der Waals surface area (Å²) in [7, 11) is 1.66. The highest BCUT2D eigenvalue weighted by Crippen LogP contribution is 2.41. The Kier molecular flexibility index (Phi) is 6.80. The first-order chi connectivity index (χ1) is 10.2. The molecule has 0 amide bonds. The average molecular weight is 378 g/mol. The van der Waals surface area contributed by atoms with Crippen LogP contribution in [0.2, 0.25) is 0 Å². The van der Waals surface area contributed by atoms with E-state index in [-0.39, 0.29) is 11.5 Å². The van der Waals surface area contributed by atoms with Crippen molar-refractivity contribution in [2.24, 2.45) is 5.92 Å². The smallest absolute Gasteiger partial charge is 0.133 e. The number of hydrogen-bond donors (Lipinski definition) is 0. The molecule has 1 aliphatic heterocycles. The number of alkyl halides is 1. The van der Waals surface area contributed by atoms with Crippen molar-refractivity contribution in [2.45, 2.75) is 31.2 Å². The van der Waals surface area contributed by atoms with Crippen molar-refractivity contribution in [2.75, 3.05) is 26.9 Å². The van der Waals surface area contributed by atoms with E-state index in [9.17, 15) is 0 Å². The summed E-state index contributed by atoms with van der Waals surface area (Å²) < 4.78 is 17.3. The third-order valence-electron chi connectivity index (χ3n) is 3.86. The Balaban J connectivity index is 2.04. The molecule has 0 aromatic heterocycles. The molecule has 3 nitrogen and oxygen atoms in total. The molecular weight excluding hydrogens is 356 g/mol. The van der Waals surface area contributed by atoms with E-state index < -0.39 is 0 Å². The van der Waals surface area contributed by atoms with Gasteiger partial charge in [-0.1, -0.05) is 13.0 Å². The number of hydrogen-bond acceptors (Lipinski definition) is 3. The summed E-state index contributed by atoms with van der Waals surface area (Å²) >= 11 is 10.2. The molecule has 0 bridgehead atoms. The van der Waals surface area contributed by atoms with Gasteiger partial charge in [-0.05, 0) is 46.5 Å². The molecule has 0 radical (unpaired) electrons. The fraction of sp³-hybridized carbons (Fsp3) is 0.625. The summed E-state index contributed by atoms with van der Waals surface area (Å²) in [5.74, 6) is 1.19. The topological polar surface area (TPSA) is 27.7 Å². The fourth-order valence-electron chi connectivity index (χ4n) is 2.71. The molecule has 0 aliphatic carbocycles. The molecule has 21 heavy (non-hydrogen) atoms. The first-order valence-corrected chi connectivity index (χ1v) is 8.57. The largest absolute Gasteiger partial charge is 0.490 e. The molecule has 2 rings (SSSR count). The summed E-state index contributed by atoms with van der Waals surface area (Å²) in [6.45, 7) is 4.07. The number of benzene rings is 1. The van der Waals surface area contributed by atoms with Gasteiger partial charge >= 0.3 is 0 Å². The van der Waals surface area contributed by atoms with E-state index in [2.05, 4.69) is 22.9 Å². The lowest BCUT2D eigenvalue weighted by Crippen LogP contribution is -2.19. The zero-order valence-corrected chi connectivity index (χ0v) is 14.8. The summed E-state index contributed by atoms with van der Waals surface area (Å²) in [5.41, 5.74) is 1.11. The second kappa shape index (κ2) is 8.37. The van der Waals surface area contributed by atoms with Crippen molar-refractivity contribution in [1.82, 2.24) is 0 Å². The lowest BCUT2D eigenvalue weighted by Gasteiger charge is -2.23. The second-order valence-corrected chi connectivity index (χ2v) is 6.53. The van der Waals surface area contributed by atoms with Crippen LogP contribution < -0.4 is 4.74 Å². The van der Waals surface area contributed by atoms with Crippen molar-refractivity contribution in [1.29, 1.82) is 0 Å². The van der Waals surface area contributed by atoms with Gasteiger partial charge in [0.1, 0.15) is 12.4 Å². The average Bonchev–Trinajstić information content (AvgIpc) is 2.96. The summed E-state index contributed by atoms with van der Waals surface area (Å²) in [4.78, 5) is 0. The first-order valence-electron chi connectivity index (χ1n) is 7.34. The van der Waals surface area contributed by atoms with Gasteiger partial charge < -0.3 is 14.2 Å². The number of rotatable bonds is 7. The Labute approximate surface area is 140 Å². The second-order valence-electron chi connectivity index (χ2n) is 5.20. The maximum absolute atomic E-state index is 6.68. The molecule has 0 N–H and O–H groups in total. The van der Waals surface area contributed by atoms with Crippen molar-refractivity contribution < 1.29 is 14.2 Å². The molecule has 3 atom stereocenters. The van der Waals surface area contributed by atoms with Crippen molar-refractivity contribution >= 4 is 27.5 Å². The van der Waals surface area contributed by atoms with Crippen LogP contribution in [-0.4, -0.2) is 33.0 Å². The van der Waals surface area contributed by atoms with Crippen LogP contribution in [0.5, 0.6) is 5.75 Å². The van der Waals surface area contributed by atoms with E-state index in [1.807, 2.05) is 18.2 Å². The van der Waals surface area contributed by atoms with Crippen LogP contribution in [0.3, 0.4) is 0 Å². The van der Waals surface area contributed by atoms with Crippen LogP contribution >= 0.6 is 27.5 Å². The third kappa shape index (κ3) is 4.35. The molecule has 1 saturated heterocycles. The fourth-order valence-corrected chi connectivity index (χ4v) is 3.64. The van der Waals surface area contributed by atoms with Gasteiger partial charge in [-0.2, -0.15) is 0 Å². The van der Waals surface area contributed by atoms with Crippen LogP contribution in [0.25, 0.3) is 0 Å². The van der Waals surface area contributed by atoms with Crippen LogP contribution in [-0.2, 0) is 9.47 Å². The highest BCUT2D eigenvalue weighted by molar-refractivity contribution is 9.10. The third-order valence-corrected chi connectivity index (χ3v) is 5.05. The molecule has 0 saturated carbocycles. The van der Waals surface area contributed by atoms with E-state index in [0.717, 1.165) is 35.2 Å². The molecule has 1 aliphatic rings. The zero-order valence-electron chi connectivity index (χ0n) is 12.5. The lowest BCUT2D eigenvalue weighted by molar-refractivity contribution is 0.0864. The van der Waals surface area contributed by atoms with Crippen LogP contribution in [0.15, 0.2) is 22.7 Å². The van der Waals surface area contributed by atoms with Gasteiger partial charge in [-0.3, -0.25) is 0 Å². The predicted molar refractivity (Wildman–Crippen MR) is 88.2 cm³/mol. The van der Waals surface area contributed by atoms with E-state index in [1.54, 1.807) is 7.11 Å². The van der Waals surface area contributed by atoms with E-state index >= 15 is 0 Å². The molecule has 1 aromatic rings. The zero-order chi connectivity index (χ0) is 15.2. The number of halogens is 2. The Morgan fingerprint density at radius 1 is 1.43 bits per heavy atom. The Morgan fingerprint density at radius 2 is 2.24 bits per heavy atom. The van der Waals surface area contributed by atoms with Gasteiger partial charge in [0.15, 0.2) is 0 Å². The predicted octanol–water partition coefficient (Wildman–Crippen LogP) is 4.57. The molecule has 1 heterocycles. The number of methoxy groups -OCH3 is 1. The van der Waals surface area contributed by atoms with Gasteiger partial charge in [-0.25, -0.2) is 0 Å². The molecular formula is C16H22BrClO3. The molecule has 5 heteroatoms. The summed E-state index contributed by atoms with van der Waals surface area (Å²) in [5, 5.41) is -0.0261. The van der Waals surface area contributed by atoms with Gasteiger partial charge in [0.05, 0.1) is 22.6 Å². The maximum Gasteiger partial charge on any atom is 0.133 e. The minimum Gasteiger partial charge on any atom is -0.490 e. The quantitative estimate of drug-likeness (QED) is 0.514. The van der Waals surface area contributed by atoms with Crippen molar-refractivity contribution in [3.05, 3.63) is 28.2 Å². The van der Waals surface area contributed by atoms with E-state index in [0.29, 0.717) is 19.1 Å². The molecule has 1 aromatic carbocycles. The minimum atomic E-state index is -0.0261. The van der Waals surface area contributed by atoms with Crippen LogP contribution in [0.1, 0.15) is 30.7 Å². The maximum atomic E-state index is 6.68. The van der Waals surface area contributed by atoms with Gasteiger partial charge in [0.25, 0.3) is 0 Å². The highest BCUT2D eigenvalue weighted by atomic mass is 79.9. The SMILES string of the molecule is CCC1OCCC1C(Cl)c1ccc(OCCOC)c(Br)c1. The summed E-state index contributed by atoms with van der Waals surface area (Å²) in [6.07, 6.45) is 2.30. The Bertz CT molecular complexity index is 455. The van der Waals surface area contributed by atoms with Crippen molar-refractivity contribution in [3.63, 3.8) is 0 Å².